The summed E-state index contributed by atoms with van der Waals surface area (Å²) >= 11 is 4.91. The van der Waals surface area contributed by atoms with Gasteiger partial charge in [-0.05, 0) is 31.2 Å². The zero-order valence-corrected chi connectivity index (χ0v) is 11.3. The number of nitrogens with two attached hydrogens (primary N) is 1. The number of benzene rings is 2. The Morgan fingerprint density at radius 3 is 2.42 bits per heavy atom. The van der Waals surface area contributed by atoms with E-state index in [-0.39, 0.29) is 5.91 Å². The van der Waals surface area contributed by atoms with Crippen LogP contribution in [-0.2, 0) is 0 Å². The molecule has 3 nitrogen and oxygen atoms in total. The molecule has 0 spiro atoms. The molecule has 0 aromatic heterocycles. The van der Waals surface area contributed by atoms with Gasteiger partial charge in [-0.3, -0.25) is 4.79 Å². The second-order valence-electron chi connectivity index (χ2n) is 4.27. The van der Waals surface area contributed by atoms with Crippen molar-refractivity contribution in [1.29, 1.82) is 0 Å². The third-order valence-electron chi connectivity index (χ3n) is 2.72. The van der Waals surface area contributed by atoms with E-state index in [0.29, 0.717) is 16.2 Å². The van der Waals surface area contributed by atoms with E-state index in [0.717, 1.165) is 11.1 Å². The van der Waals surface area contributed by atoms with Gasteiger partial charge in [0, 0.05) is 16.8 Å². The molecule has 0 atom stereocenters. The maximum atomic E-state index is 12.0. The third kappa shape index (κ3) is 3.39. The molecule has 0 heterocycles. The Labute approximate surface area is 117 Å². The topological polar surface area (TPSA) is 55.1 Å². The predicted octanol–water partition coefficient (Wildman–Crippen LogP) is 2.88. The van der Waals surface area contributed by atoms with Crippen molar-refractivity contribution >= 4 is 28.8 Å². The quantitative estimate of drug-likeness (QED) is 0.843. The largest absolute Gasteiger partial charge is 0.389 e. The number of carbonyl (C=O) groups is 1. The number of rotatable bonds is 3. The van der Waals surface area contributed by atoms with Crippen molar-refractivity contribution in [2.45, 2.75) is 6.92 Å². The summed E-state index contributed by atoms with van der Waals surface area (Å²) in [6.45, 7) is 1.98. The summed E-state index contributed by atoms with van der Waals surface area (Å²) in [5.74, 6) is -0.153. The third-order valence-corrected chi connectivity index (χ3v) is 2.95. The maximum Gasteiger partial charge on any atom is 0.255 e. The monoisotopic (exact) mass is 270 g/mol. The van der Waals surface area contributed by atoms with Crippen LogP contribution >= 0.6 is 12.2 Å². The summed E-state index contributed by atoms with van der Waals surface area (Å²) in [4.78, 5) is 12.3. The van der Waals surface area contributed by atoms with Crippen molar-refractivity contribution in [3.05, 3.63) is 65.2 Å². The molecular weight excluding hydrogens is 256 g/mol. The highest BCUT2D eigenvalue weighted by Gasteiger charge is 2.06. The summed E-state index contributed by atoms with van der Waals surface area (Å²) in [7, 11) is 0. The van der Waals surface area contributed by atoms with Gasteiger partial charge in [-0.25, -0.2) is 0 Å². The molecule has 4 heteroatoms. The maximum absolute atomic E-state index is 12.0. The Kier molecular flexibility index (Phi) is 3.92. The molecule has 0 aliphatic rings. The fourth-order valence-electron chi connectivity index (χ4n) is 1.66. The Morgan fingerprint density at radius 1 is 1.11 bits per heavy atom. The van der Waals surface area contributed by atoms with E-state index in [9.17, 15) is 4.79 Å². The van der Waals surface area contributed by atoms with Crippen molar-refractivity contribution in [3.8, 4) is 0 Å². The Morgan fingerprint density at radius 2 is 1.79 bits per heavy atom. The molecule has 0 bridgehead atoms. The Hall–Kier alpha value is -2.20. The minimum atomic E-state index is -0.153. The zero-order chi connectivity index (χ0) is 13.8. The van der Waals surface area contributed by atoms with Crippen molar-refractivity contribution in [2.75, 3.05) is 5.32 Å². The summed E-state index contributed by atoms with van der Waals surface area (Å²) in [5, 5.41) is 2.82. The highest BCUT2D eigenvalue weighted by atomic mass is 32.1. The molecule has 2 aromatic carbocycles. The molecule has 0 unspecified atom stereocenters. The van der Waals surface area contributed by atoms with Gasteiger partial charge >= 0.3 is 0 Å². The van der Waals surface area contributed by atoms with Gasteiger partial charge in [0.15, 0.2) is 0 Å². The normalized spacial score (nSPS) is 9.95. The van der Waals surface area contributed by atoms with Crippen LogP contribution in [0.4, 0.5) is 5.69 Å². The number of hydrogen-bond donors (Lipinski definition) is 2. The molecule has 3 N–H and O–H groups in total. The molecule has 2 aromatic rings. The molecule has 1 amide bonds. The SMILES string of the molecule is Cc1ccc(C(=O)Nc2cccc(C(N)=S)c2)cc1. The summed E-state index contributed by atoms with van der Waals surface area (Å²) in [6.07, 6.45) is 0. The molecule has 0 aliphatic carbocycles. The first-order chi connectivity index (χ1) is 9.06. The molecule has 19 heavy (non-hydrogen) atoms. The number of amides is 1. The van der Waals surface area contributed by atoms with Gasteiger partial charge in [0.05, 0.1) is 0 Å². The first kappa shape index (κ1) is 13.2. The first-order valence-electron chi connectivity index (χ1n) is 5.84. The zero-order valence-electron chi connectivity index (χ0n) is 10.5. The summed E-state index contributed by atoms with van der Waals surface area (Å²) in [5.41, 5.74) is 8.70. The van der Waals surface area contributed by atoms with Crippen molar-refractivity contribution in [1.82, 2.24) is 0 Å². The smallest absolute Gasteiger partial charge is 0.255 e. The van der Waals surface area contributed by atoms with E-state index in [2.05, 4.69) is 5.32 Å². The second kappa shape index (κ2) is 5.63. The Balaban J connectivity index is 2.17. The summed E-state index contributed by atoms with van der Waals surface area (Å²) < 4.78 is 0. The standard InChI is InChI=1S/C15H14N2OS/c1-10-5-7-11(8-6-10)15(18)17-13-4-2-3-12(9-13)14(16)19/h2-9H,1H3,(H2,16,19)(H,17,18). The van der Waals surface area contributed by atoms with Gasteiger partial charge in [-0.15, -0.1) is 0 Å². The van der Waals surface area contributed by atoms with E-state index in [4.69, 9.17) is 18.0 Å². The number of carbonyl (C=O) groups excluding carboxylic acids is 1. The summed E-state index contributed by atoms with van der Waals surface area (Å²) in [6, 6.07) is 14.6. The van der Waals surface area contributed by atoms with Crippen LogP contribution in [0.15, 0.2) is 48.5 Å². The average Bonchev–Trinajstić information content (AvgIpc) is 2.39. The first-order valence-corrected chi connectivity index (χ1v) is 6.25. The van der Waals surface area contributed by atoms with Crippen molar-refractivity contribution in [2.24, 2.45) is 5.73 Å². The fraction of sp³-hybridized carbons (Fsp3) is 0.0667. The number of hydrogen-bond acceptors (Lipinski definition) is 2. The van der Waals surface area contributed by atoms with Crippen LogP contribution in [0.1, 0.15) is 21.5 Å². The number of nitrogens with one attached hydrogen (secondary N) is 1. The van der Waals surface area contributed by atoms with E-state index in [1.807, 2.05) is 25.1 Å². The van der Waals surface area contributed by atoms with Crippen LogP contribution < -0.4 is 11.1 Å². The van der Waals surface area contributed by atoms with Crippen LogP contribution in [0, 0.1) is 6.92 Å². The van der Waals surface area contributed by atoms with Crippen LogP contribution in [0.5, 0.6) is 0 Å². The highest BCUT2D eigenvalue weighted by Crippen LogP contribution is 2.12. The van der Waals surface area contributed by atoms with Gasteiger partial charge in [-0.1, -0.05) is 42.0 Å². The van der Waals surface area contributed by atoms with Crippen molar-refractivity contribution < 1.29 is 4.79 Å². The van der Waals surface area contributed by atoms with Crippen LogP contribution in [0.3, 0.4) is 0 Å². The van der Waals surface area contributed by atoms with Gasteiger partial charge in [0.1, 0.15) is 4.99 Å². The lowest BCUT2D eigenvalue weighted by Gasteiger charge is -2.07. The predicted molar refractivity (Wildman–Crippen MR) is 81.5 cm³/mol. The number of anilines is 1. The van der Waals surface area contributed by atoms with Gasteiger partial charge < -0.3 is 11.1 Å². The highest BCUT2D eigenvalue weighted by molar-refractivity contribution is 7.80. The van der Waals surface area contributed by atoms with E-state index in [1.54, 1.807) is 30.3 Å². The minimum Gasteiger partial charge on any atom is -0.389 e. The van der Waals surface area contributed by atoms with Crippen LogP contribution in [0.2, 0.25) is 0 Å². The molecule has 96 valence electrons. The minimum absolute atomic E-state index is 0.153. The van der Waals surface area contributed by atoms with Crippen LogP contribution in [-0.4, -0.2) is 10.9 Å². The number of thiocarbonyl (C=S) groups is 1. The van der Waals surface area contributed by atoms with E-state index >= 15 is 0 Å². The van der Waals surface area contributed by atoms with E-state index in [1.165, 1.54) is 0 Å². The average molecular weight is 270 g/mol. The van der Waals surface area contributed by atoms with Crippen LogP contribution in [0.25, 0.3) is 0 Å². The fourth-order valence-corrected chi connectivity index (χ4v) is 1.79. The molecule has 0 saturated heterocycles. The Bertz CT molecular complexity index is 620. The van der Waals surface area contributed by atoms with Gasteiger partial charge in [-0.2, -0.15) is 0 Å². The molecule has 0 radical (unpaired) electrons. The molecule has 0 fully saturated rings. The molecule has 0 saturated carbocycles. The van der Waals surface area contributed by atoms with Crippen molar-refractivity contribution in [3.63, 3.8) is 0 Å². The molecule has 0 aliphatic heterocycles. The number of aryl methyl sites for hydroxylation is 1. The van der Waals surface area contributed by atoms with Gasteiger partial charge in [0.2, 0.25) is 0 Å². The lowest BCUT2D eigenvalue weighted by molar-refractivity contribution is 0.102. The molecular formula is C15H14N2OS. The molecule has 2 rings (SSSR count). The second-order valence-corrected chi connectivity index (χ2v) is 4.71. The lowest BCUT2D eigenvalue weighted by Crippen LogP contribution is -2.13. The lowest BCUT2D eigenvalue weighted by atomic mass is 10.1. The van der Waals surface area contributed by atoms with Gasteiger partial charge in [0.25, 0.3) is 5.91 Å². The van der Waals surface area contributed by atoms with E-state index < -0.39 is 0 Å².